The molecule has 2 aliphatic rings. The van der Waals surface area contributed by atoms with Crippen molar-refractivity contribution in [2.45, 2.75) is 55.5 Å². The van der Waals surface area contributed by atoms with Crippen LogP contribution in [-0.2, 0) is 19.6 Å². The maximum atomic E-state index is 13.0. The van der Waals surface area contributed by atoms with E-state index in [1.807, 2.05) is 0 Å². The molecule has 0 aromatic heterocycles. The fraction of sp³-hybridized carbons (Fsp3) is 0.444. The number of nitrogens with zero attached hydrogens (tertiary/aromatic N) is 1. The van der Waals surface area contributed by atoms with Gasteiger partial charge in [0.2, 0.25) is 11.8 Å². The fourth-order valence-corrected chi connectivity index (χ4v) is 5.25. The van der Waals surface area contributed by atoms with Crippen LogP contribution in [0.15, 0.2) is 35.5 Å². The number of amides is 2. The Labute approximate surface area is 174 Å². The van der Waals surface area contributed by atoms with Gasteiger partial charge in [-0.05, 0) is 31.0 Å². The Balaban J connectivity index is 1.80. The van der Waals surface area contributed by atoms with Gasteiger partial charge in [0.25, 0.3) is 10.0 Å². The monoisotopic (exact) mass is 445 g/mol. The number of sulfonamides is 1. The van der Waals surface area contributed by atoms with Crippen molar-refractivity contribution in [1.29, 1.82) is 0 Å². The third kappa shape index (κ3) is 4.61. The number of halogens is 2. The molecule has 152 valence electrons. The van der Waals surface area contributed by atoms with Gasteiger partial charge in [-0.25, -0.2) is 8.42 Å². The lowest BCUT2D eigenvalue weighted by atomic mass is 9.95. The van der Waals surface area contributed by atoms with Crippen LogP contribution in [0.3, 0.4) is 0 Å². The Morgan fingerprint density at radius 1 is 1.18 bits per heavy atom. The highest BCUT2D eigenvalue weighted by molar-refractivity contribution is 7.89. The van der Waals surface area contributed by atoms with Crippen molar-refractivity contribution in [3.8, 4) is 0 Å². The zero-order chi connectivity index (χ0) is 20.3. The molecule has 0 bridgehead atoms. The highest BCUT2D eigenvalue weighted by atomic mass is 35.5. The average Bonchev–Trinajstić information content (AvgIpc) is 2.66. The van der Waals surface area contributed by atoms with Crippen LogP contribution >= 0.6 is 23.2 Å². The third-order valence-electron chi connectivity index (χ3n) is 4.87. The molecule has 28 heavy (non-hydrogen) atoms. The van der Waals surface area contributed by atoms with Crippen LogP contribution in [0.4, 0.5) is 0 Å². The SMILES string of the molecule is O=C(C[C@@H]1C(=O)NC=CN1S(=O)(=O)c1ccc(Cl)c(Cl)c1)NC1CCCCC1. The van der Waals surface area contributed by atoms with E-state index in [-0.39, 0.29) is 33.3 Å². The molecule has 7 nitrogen and oxygen atoms in total. The lowest BCUT2D eigenvalue weighted by Gasteiger charge is -2.32. The van der Waals surface area contributed by atoms with Gasteiger partial charge in [0.05, 0.1) is 21.4 Å². The van der Waals surface area contributed by atoms with Crippen molar-refractivity contribution in [3.05, 3.63) is 40.6 Å². The standard InChI is InChI=1S/C18H21Cl2N3O4S/c19-14-7-6-13(10-15(14)20)28(26,27)23-9-8-21-18(25)16(23)11-17(24)22-12-4-2-1-3-5-12/h6-10,12,16H,1-5,11H2,(H,21,25)(H,22,24)/t16-/m1/s1. The van der Waals surface area contributed by atoms with Crippen LogP contribution in [0.25, 0.3) is 0 Å². The highest BCUT2D eigenvalue weighted by Crippen LogP contribution is 2.28. The summed E-state index contributed by atoms with van der Waals surface area (Å²) in [6.45, 7) is 0. The average molecular weight is 446 g/mol. The molecule has 1 fully saturated rings. The second-order valence-corrected chi connectivity index (χ2v) is 9.52. The van der Waals surface area contributed by atoms with E-state index in [9.17, 15) is 18.0 Å². The van der Waals surface area contributed by atoms with Gasteiger partial charge in [-0.1, -0.05) is 42.5 Å². The molecular weight excluding hydrogens is 425 g/mol. The maximum Gasteiger partial charge on any atom is 0.264 e. The summed E-state index contributed by atoms with van der Waals surface area (Å²) in [5, 5.41) is 5.68. The largest absolute Gasteiger partial charge is 0.353 e. The van der Waals surface area contributed by atoms with Gasteiger partial charge < -0.3 is 10.6 Å². The number of hydrogen-bond acceptors (Lipinski definition) is 4. The predicted octanol–water partition coefficient (Wildman–Crippen LogP) is 2.79. The second-order valence-electron chi connectivity index (χ2n) is 6.86. The zero-order valence-corrected chi connectivity index (χ0v) is 17.4. The molecule has 2 N–H and O–H groups in total. The molecular formula is C18H21Cl2N3O4S. The van der Waals surface area contributed by atoms with Gasteiger partial charge in [-0.15, -0.1) is 0 Å². The minimum Gasteiger partial charge on any atom is -0.353 e. The van der Waals surface area contributed by atoms with Crippen molar-refractivity contribution in [3.63, 3.8) is 0 Å². The topological polar surface area (TPSA) is 95.6 Å². The summed E-state index contributed by atoms with van der Waals surface area (Å²) < 4.78 is 27.0. The van der Waals surface area contributed by atoms with Gasteiger partial charge in [-0.3, -0.25) is 13.9 Å². The van der Waals surface area contributed by atoms with E-state index in [1.165, 1.54) is 30.6 Å². The van der Waals surface area contributed by atoms with Crippen molar-refractivity contribution in [2.75, 3.05) is 0 Å². The maximum absolute atomic E-state index is 13.0. The number of benzene rings is 1. The summed E-state index contributed by atoms with van der Waals surface area (Å²) >= 11 is 11.8. The first kappa shape index (κ1) is 21.0. The minimum absolute atomic E-state index is 0.0728. The van der Waals surface area contributed by atoms with E-state index < -0.39 is 22.0 Å². The molecule has 0 saturated heterocycles. The first-order valence-electron chi connectivity index (χ1n) is 9.04. The molecule has 0 radical (unpaired) electrons. The molecule has 1 aromatic carbocycles. The summed E-state index contributed by atoms with van der Waals surface area (Å²) in [6, 6.07) is 2.79. The summed E-state index contributed by atoms with van der Waals surface area (Å²) in [5.41, 5.74) is 0. The van der Waals surface area contributed by atoms with E-state index >= 15 is 0 Å². The highest BCUT2D eigenvalue weighted by Gasteiger charge is 2.37. The molecule has 0 spiro atoms. The van der Waals surface area contributed by atoms with E-state index in [1.54, 1.807) is 0 Å². The Morgan fingerprint density at radius 2 is 1.89 bits per heavy atom. The Morgan fingerprint density at radius 3 is 2.57 bits per heavy atom. The van der Waals surface area contributed by atoms with E-state index in [0.29, 0.717) is 0 Å². The normalized spacial score (nSPS) is 20.7. The molecule has 10 heteroatoms. The molecule has 1 aromatic rings. The van der Waals surface area contributed by atoms with E-state index in [2.05, 4.69) is 10.6 Å². The molecule has 1 atom stereocenters. The summed E-state index contributed by atoms with van der Waals surface area (Å²) in [6.07, 6.45) is 7.24. The van der Waals surface area contributed by atoms with Gasteiger partial charge in [0.1, 0.15) is 6.04 Å². The number of rotatable bonds is 5. The molecule has 1 saturated carbocycles. The lowest BCUT2D eigenvalue weighted by molar-refractivity contribution is -0.129. The van der Waals surface area contributed by atoms with Gasteiger partial charge in [0.15, 0.2) is 0 Å². The quantitative estimate of drug-likeness (QED) is 0.727. The molecule has 2 amide bonds. The molecule has 0 unspecified atom stereocenters. The van der Waals surface area contributed by atoms with Crippen LogP contribution in [0.1, 0.15) is 38.5 Å². The summed E-state index contributed by atoms with van der Waals surface area (Å²) in [4.78, 5) is 24.7. The minimum atomic E-state index is -4.10. The summed E-state index contributed by atoms with van der Waals surface area (Å²) in [5.74, 6) is -0.915. The number of carbonyl (C=O) groups excluding carboxylic acids is 2. The van der Waals surface area contributed by atoms with Crippen molar-refractivity contribution in [1.82, 2.24) is 14.9 Å². The smallest absolute Gasteiger partial charge is 0.264 e. The summed E-state index contributed by atoms with van der Waals surface area (Å²) in [7, 11) is -4.10. The van der Waals surface area contributed by atoms with E-state index in [0.717, 1.165) is 36.4 Å². The Hall–Kier alpha value is -1.77. The third-order valence-corrected chi connectivity index (χ3v) is 7.39. The van der Waals surface area contributed by atoms with Crippen molar-refractivity contribution < 1.29 is 18.0 Å². The van der Waals surface area contributed by atoms with E-state index in [4.69, 9.17) is 23.2 Å². The molecule has 1 aliphatic carbocycles. The lowest BCUT2D eigenvalue weighted by Crippen LogP contribution is -2.51. The fourth-order valence-electron chi connectivity index (χ4n) is 3.41. The van der Waals surface area contributed by atoms with Crippen molar-refractivity contribution >= 4 is 45.0 Å². The van der Waals surface area contributed by atoms with Gasteiger partial charge in [0, 0.05) is 18.4 Å². The van der Waals surface area contributed by atoms with Crippen LogP contribution in [0.5, 0.6) is 0 Å². The van der Waals surface area contributed by atoms with Crippen molar-refractivity contribution in [2.24, 2.45) is 0 Å². The van der Waals surface area contributed by atoms with Crippen LogP contribution in [-0.4, -0.2) is 36.6 Å². The second kappa shape index (κ2) is 8.71. The zero-order valence-electron chi connectivity index (χ0n) is 15.0. The Bertz CT molecular complexity index is 898. The molecule has 1 aliphatic heterocycles. The number of carbonyl (C=O) groups is 2. The predicted molar refractivity (Wildman–Crippen MR) is 106 cm³/mol. The first-order chi connectivity index (χ1) is 13.3. The molecule has 3 rings (SSSR count). The van der Waals surface area contributed by atoms with Crippen LogP contribution in [0.2, 0.25) is 10.0 Å². The van der Waals surface area contributed by atoms with Gasteiger partial charge in [-0.2, -0.15) is 0 Å². The van der Waals surface area contributed by atoms with Crippen LogP contribution in [0, 0.1) is 0 Å². The number of nitrogens with one attached hydrogen (secondary N) is 2. The van der Waals surface area contributed by atoms with Gasteiger partial charge >= 0.3 is 0 Å². The Kier molecular flexibility index (Phi) is 6.52. The van der Waals surface area contributed by atoms with Crippen LogP contribution < -0.4 is 10.6 Å². The number of hydrogen-bond donors (Lipinski definition) is 2. The first-order valence-corrected chi connectivity index (χ1v) is 11.2. The molecule has 1 heterocycles.